The molecule has 2 rings (SSSR count). The first-order valence-electron chi connectivity index (χ1n) is 5.41. The van der Waals surface area contributed by atoms with Crippen molar-refractivity contribution in [3.63, 3.8) is 0 Å². The van der Waals surface area contributed by atoms with E-state index in [2.05, 4.69) is 5.32 Å². The minimum atomic E-state index is -3.91. The predicted molar refractivity (Wildman–Crippen MR) is 71.9 cm³/mol. The molecule has 0 spiro atoms. The van der Waals surface area contributed by atoms with Gasteiger partial charge in [0.05, 0.1) is 4.90 Å². The second-order valence-corrected chi connectivity index (χ2v) is 5.65. The first kappa shape index (κ1) is 14.2. The Morgan fingerprint density at radius 1 is 0.950 bits per heavy atom. The molecular weight excluding hydrogens is 288 g/mol. The van der Waals surface area contributed by atoms with Crippen molar-refractivity contribution in [2.24, 2.45) is 5.14 Å². The normalized spacial score (nSPS) is 11.3. The Kier molecular flexibility index (Phi) is 3.60. The van der Waals surface area contributed by atoms with E-state index in [0.29, 0.717) is 5.69 Å². The molecule has 0 bridgehead atoms. The Hall–Kier alpha value is -2.19. The lowest BCUT2D eigenvalue weighted by Crippen LogP contribution is -2.12. The lowest BCUT2D eigenvalue weighted by atomic mass is 10.2. The molecule has 2 aromatic carbocycles. The molecule has 0 atom stereocenters. The van der Waals surface area contributed by atoms with E-state index < -0.39 is 21.7 Å². The van der Waals surface area contributed by atoms with Gasteiger partial charge in [0.15, 0.2) is 11.6 Å². The second-order valence-electron chi connectivity index (χ2n) is 4.09. The van der Waals surface area contributed by atoms with Crippen LogP contribution in [-0.4, -0.2) is 8.42 Å². The van der Waals surface area contributed by atoms with Crippen molar-refractivity contribution in [1.82, 2.24) is 0 Å². The first-order chi connectivity index (χ1) is 9.25. The molecule has 0 aliphatic carbocycles. The van der Waals surface area contributed by atoms with Gasteiger partial charge in [-0.15, -0.1) is 0 Å². The number of rotatable bonds is 3. The fourth-order valence-electron chi connectivity index (χ4n) is 1.60. The molecule has 0 aromatic heterocycles. The molecule has 5 nitrogen and oxygen atoms in total. The van der Waals surface area contributed by atoms with Gasteiger partial charge >= 0.3 is 0 Å². The summed E-state index contributed by atoms with van der Waals surface area (Å²) < 4.78 is 48.4. The fraction of sp³-hybridized carbons (Fsp3) is 0. The number of sulfonamides is 1. The molecule has 8 heteroatoms. The number of hydrogen-bond acceptors (Lipinski definition) is 4. The lowest BCUT2D eigenvalue weighted by molar-refractivity contribution is 0.509. The summed E-state index contributed by atoms with van der Waals surface area (Å²) in [6.45, 7) is 0. The van der Waals surface area contributed by atoms with Gasteiger partial charge < -0.3 is 11.1 Å². The third-order valence-electron chi connectivity index (χ3n) is 2.47. The van der Waals surface area contributed by atoms with E-state index in [-0.39, 0.29) is 16.3 Å². The van der Waals surface area contributed by atoms with Crippen molar-refractivity contribution in [3.8, 4) is 0 Å². The Balaban J connectivity index is 2.38. The number of anilines is 3. The standard InChI is InChI=1S/C12H11F2N3O2S/c13-11-2-1-8(6-12(11)14)17-9-3-7(15)4-10(5-9)20(16,18)19/h1-6,17H,15H2,(H2,16,18,19). The molecule has 2 aromatic rings. The number of nitrogens with two attached hydrogens (primary N) is 2. The Labute approximate surface area is 114 Å². The van der Waals surface area contributed by atoms with Crippen LogP contribution in [0.2, 0.25) is 0 Å². The van der Waals surface area contributed by atoms with Crippen LogP contribution >= 0.6 is 0 Å². The Morgan fingerprint density at radius 3 is 2.25 bits per heavy atom. The number of nitrogen functional groups attached to an aromatic ring is 1. The summed E-state index contributed by atoms with van der Waals surface area (Å²) >= 11 is 0. The highest BCUT2D eigenvalue weighted by atomic mass is 32.2. The van der Waals surface area contributed by atoms with E-state index in [1.165, 1.54) is 24.3 Å². The van der Waals surface area contributed by atoms with Gasteiger partial charge in [0.25, 0.3) is 0 Å². The van der Waals surface area contributed by atoms with Gasteiger partial charge in [-0.1, -0.05) is 0 Å². The van der Waals surface area contributed by atoms with E-state index in [0.717, 1.165) is 12.1 Å². The zero-order chi connectivity index (χ0) is 14.9. The summed E-state index contributed by atoms with van der Waals surface area (Å²) in [5.41, 5.74) is 6.27. The van der Waals surface area contributed by atoms with Crippen LogP contribution in [0.1, 0.15) is 0 Å². The van der Waals surface area contributed by atoms with Crippen LogP contribution in [0.25, 0.3) is 0 Å². The van der Waals surface area contributed by atoms with E-state index in [4.69, 9.17) is 10.9 Å². The van der Waals surface area contributed by atoms with Crippen molar-refractivity contribution in [2.45, 2.75) is 4.90 Å². The molecule has 0 heterocycles. The van der Waals surface area contributed by atoms with Crippen LogP contribution in [-0.2, 0) is 10.0 Å². The first-order valence-corrected chi connectivity index (χ1v) is 6.96. The van der Waals surface area contributed by atoms with Crippen LogP contribution in [0.3, 0.4) is 0 Å². The van der Waals surface area contributed by atoms with Crippen molar-refractivity contribution in [1.29, 1.82) is 0 Å². The van der Waals surface area contributed by atoms with Gasteiger partial charge in [-0.2, -0.15) is 0 Å². The highest BCUT2D eigenvalue weighted by Crippen LogP contribution is 2.24. The van der Waals surface area contributed by atoms with Gasteiger partial charge in [-0.25, -0.2) is 22.3 Å². The number of halogens is 2. The van der Waals surface area contributed by atoms with Gasteiger partial charge in [-0.3, -0.25) is 0 Å². The summed E-state index contributed by atoms with van der Waals surface area (Å²) in [6.07, 6.45) is 0. The Morgan fingerprint density at radius 2 is 1.65 bits per heavy atom. The van der Waals surface area contributed by atoms with E-state index >= 15 is 0 Å². The van der Waals surface area contributed by atoms with E-state index in [1.807, 2.05) is 0 Å². The van der Waals surface area contributed by atoms with Crippen LogP contribution < -0.4 is 16.2 Å². The van der Waals surface area contributed by atoms with E-state index in [9.17, 15) is 17.2 Å². The molecule has 0 aliphatic rings. The zero-order valence-corrected chi connectivity index (χ0v) is 10.9. The smallest absolute Gasteiger partial charge is 0.238 e. The third-order valence-corrected chi connectivity index (χ3v) is 3.36. The highest BCUT2D eigenvalue weighted by molar-refractivity contribution is 7.89. The molecule has 0 amide bonds. The molecule has 0 saturated heterocycles. The number of nitrogens with one attached hydrogen (secondary N) is 1. The minimum absolute atomic E-state index is 0.168. The number of primary sulfonamides is 1. The number of benzene rings is 2. The molecule has 106 valence electrons. The zero-order valence-electron chi connectivity index (χ0n) is 10.1. The van der Waals surface area contributed by atoms with Gasteiger partial charge in [0.1, 0.15) is 0 Å². The molecular formula is C12H11F2N3O2S. The van der Waals surface area contributed by atoms with E-state index in [1.54, 1.807) is 0 Å². The average Bonchev–Trinajstić information content (AvgIpc) is 2.32. The minimum Gasteiger partial charge on any atom is -0.399 e. The van der Waals surface area contributed by atoms with Crippen molar-refractivity contribution >= 4 is 27.1 Å². The van der Waals surface area contributed by atoms with Crippen LogP contribution in [0.15, 0.2) is 41.3 Å². The van der Waals surface area contributed by atoms with Crippen LogP contribution in [0.5, 0.6) is 0 Å². The lowest BCUT2D eigenvalue weighted by Gasteiger charge is -2.09. The van der Waals surface area contributed by atoms with Crippen LogP contribution in [0.4, 0.5) is 25.8 Å². The molecule has 0 aliphatic heterocycles. The monoisotopic (exact) mass is 299 g/mol. The Bertz CT molecular complexity index is 763. The molecule has 0 unspecified atom stereocenters. The quantitative estimate of drug-likeness (QED) is 0.754. The maximum Gasteiger partial charge on any atom is 0.238 e. The topological polar surface area (TPSA) is 98.2 Å². The molecule has 0 radical (unpaired) electrons. The van der Waals surface area contributed by atoms with Crippen molar-refractivity contribution in [3.05, 3.63) is 48.0 Å². The predicted octanol–water partition coefficient (Wildman–Crippen LogP) is 1.94. The van der Waals surface area contributed by atoms with Crippen molar-refractivity contribution < 1.29 is 17.2 Å². The summed E-state index contributed by atoms with van der Waals surface area (Å²) in [5, 5.41) is 7.73. The summed E-state index contributed by atoms with van der Waals surface area (Å²) in [6, 6.07) is 7.08. The summed E-state index contributed by atoms with van der Waals surface area (Å²) in [4.78, 5) is -0.178. The fourth-order valence-corrected chi connectivity index (χ4v) is 2.19. The SMILES string of the molecule is Nc1cc(Nc2ccc(F)c(F)c2)cc(S(N)(=O)=O)c1. The summed E-state index contributed by atoms with van der Waals surface area (Å²) in [7, 11) is -3.91. The van der Waals surface area contributed by atoms with Gasteiger partial charge in [0, 0.05) is 23.1 Å². The molecule has 5 N–H and O–H groups in total. The van der Waals surface area contributed by atoms with Gasteiger partial charge in [-0.05, 0) is 30.3 Å². The van der Waals surface area contributed by atoms with Crippen LogP contribution in [0, 0.1) is 11.6 Å². The highest BCUT2D eigenvalue weighted by Gasteiger charge is 2.10. The molecule has 0 fully saturated rings. The molecule has 0 saturated carbocycles. The number of hydrogen-bond donors (Lipinski definition) is 3. The largest absolute Gasteiger partial charge is 0.399 e. The van der Waals surface area contributed by atoms with Gasteiger partial charge in [0.2, 0.25) is 10.0 Å². The van der Waals surface area contributed by atoms with Crippen molar-refractivity contribution in [2.75, 3.05) is 11.1 Å². The average molecular weight is 299 g/mol. The maximum absolute atomic E-state index is 13.1. The maximum atomic E-state index is 13.1. The second kappa shape index (κ2) is 5.06. The molecule has 20 heavy (non-hydrogen) atoms. The third kappa shape index (κ3) is 3.22. The summed E-state index contributed by atoms with van der Waals surface area (Å²) in [5.74, 6) is -2.00.